The second-order valence-corrected chi connectivity index (χ2v) is 5.80. The van der Waals surface area contributed by atoms with Crippen LogP contribution in [0.2, 0.25) is 5.02 Å². The molecule has 0 aromatic heterocycles. The highest BCUT2D eigenvalue weighted by molar-refractivity contribution is 6.33. The minimum Gasteiger partial charge on any atom is -0.440 e. The number of anilines is 1. The molecule has 2 rings (SSSR count). The summed E-state index contributed by atoms with van der Waals surface area (Å²) in [6, 6.07) is 16.9. The van der Waals surface area contributed by atoms with Crippen LogP contribution in [0.5, 0.6) is 0 Å². The smallest absolute Gasteiger partial charge is 0.412 e. The molecule has 24 heavy (non-hydrogen) atoms. The first-order chi connectivity index (χ1) is 11.6. The summed E-state index contributed by atoms with van der Waals surface area (Å²) in [5, 5.41) is 3.19. The molecule has 0 aliphatic rings. The predicted molar refractivity (Wildman–Crippen MR) is 98.5 cm³/mol. The molecule has 0 fully saturated rings. The zero-order valence-corrected chi connectivity index (χ0v) is 14.8. The van der Waals surface area contributed by atoms with Gasteiger partial charge in [-0.15, -0.1) is 0 Å². The molecule has 0 saturated heterocycles. The molecule has 0 spiro atoms. The number of likely N-dealkylation sites (N-methyl/N-ethyl adjacent to an activating group) is 1. The van der Waals surface area contributed by atoms with Gasteiger partial charge in [-0.05, 0) is 30.8 Å². The van der Waals surface area contributed by atoms with Crippen LogP contribution in [0.3, 0.4) is 0 Å². The summed E-state index contributed by atoms with van der Waals surface area (Å²) in [6.07, 6.45) is -0.849. The number of ether oxygens (including phenoxy) is 1. The molecule has 2 aromatic carbocycles. The maximum atomic E-state index is 12.3. The topological polar surface area (TPSA) is 41.6 Å². The van der Waals surface area contributed by atoms with Crippen LogP contribution < -0.4 is 5.32 Å². The van der Waals surface area contributed by atoms with Gasteiger partial charge in [0.1, 0.15) is 6.10 Å². The van der Waals surface area contributed by atoms with Gasteiger partial charge in [0.25, 0.3) is 0 Å². The fraction of sp³-hybridized carbons (Fsp3) is 0.316. The Morgan fingerprint density at radius 3 is 2.33 bits per heavy atom. The maximum Gasteiger partial charge on any atom is 0.412 e. The SMILES string of the molecule is CCN(CC)CC(OC(=O)Nc1ccccc1Cl)c1ccccc1. The lowest BCUT2D eigenvalue weighted by atomic mass is 10.1. The van der Waals surface area contributed by atoms with Crippen LogP contribution in [0.15, 0.2) is 54.6 Å². The zero-order chi connectivity index (χ0) is 17.4. The van der Waals surface area contributed by atoms with Crippen LogP contribution in [0.4, 0.5) is 10.5 Å². The van der Waals surface area contributed by atoms with E-state index >= 15 is 0 Å². The molecular formula is C19H23ClN2O2. The van der Waals surface area contributed by atoms with Crippen molar-refractivity contribution in [1.82, 2.24) is 4.90 Å². The van der Waals surface area contributed by atoms with Gasteiger partial charge in [-0.3, -0.25) is 10.2 Å². The van der Waals surface area contributed by atoms with Crippen molar-refractivity contribution in [3.63, 3.8) is 0 Å². The van der Waals surface area contributed by atoms with E-state index in [0.29, 0.717) is 17.3 Å². The van der Waals surface area contributed by atoms with E-state index in [1.807, 2.05) is 42.5 Å². The molecule has 0 heterocycles. The molecular weight excluding hydrogens is 324 g/mol. The van der Waals surface area contributed by atoms with Gasteiger partial charge in [0.15, 0.2) is 0 Å². The number of para-hydroxylation sites is 1. The Morgan fingerprint density at radius 2 is 1.71 bits per heavy atom. The van der Waals surface area contributed by atoms with Crippen molar-refractivity contribution in [3.05, 3.63) is 65.2 Å². The molecule has 4 nitrogen and oxygen atoms in total. The number of hydrogen-bond donors (Lipinski definition) is 1. The lowest BCUT2D eigenvalue weighted by molar-refractivity contribution is 0.0822. The highest BCUT2D eigenvalue weighted by Gasteiger charge is 2.19. The first kappa shape index (κ1) is 18.3. The van der Waals surface area contributed by atoms with Gasteiger partial charge in [0.05, 0.1) is 10.7 Å². The van der Waals surface area contributed by atoms with E-state index in [1.54, 1.807) is 12.1 Å². The Balaban J connectivity index is 2.09. The van der Waals surface area contributed by atoms with E-state index in [9.17, 15) is 4.79 Å². The Morgan fingerprint density at radius 1 is 1.08 bits per heavy atom. The number of nitrogens with one attached hydrogen (secondary N) is 1. The summed E-state index contributed by atoms with van der Waals surface area (Å²) in [4.78, 5) is 14.5. The Hall–Kier alpha value is -2.04. The third-order valence-electron chi connectivity index (χ3n) is 3.85. The summed E-state index contributed by atoms with van der Waals surface area (Å²) in [5.74, 6) is 0. The molecule has 0 aliphatic carbocycles. The van der Waals surface area contributed by atoms with E-state index in [0.717, 1.165) is 18.7 Å². The molecule has 1 amide bonds. The standard InChI is InChI=1S/C19H23ClN2O2/c1-3-22(4-2)14-18(15-10-6-5-7-11-15)24-19(23)21-17-13-9-8-12-16(17)20/h5-13,18H,3-4,14H2,1-2H3,(H,21,23). The van der Waals surface area contributed by atoms with Crippen LogP contribution in [-0.4, -0.2) is 30.6 Å². The monoisotopic (exact) mass is 346 g/mol. The fourth-order valence-corrected chi connectivity index (χ4v) is 2.61. The van der Waals surface area contributed by atoms with Crippen molar-refractivity contribution in [2.24, 2.45) is 0 Å². The van der Waals surface area contributed by atoms with Crippen molar-refractivity contribution in [2.45, 2.75) is 20.0 Å². The van der Waals surface area contributed by atoms with Crippen molar-refractivity contribution in [3.8, 4) is 0 Å². The lowest BCUT2D eigenvalue weighted by Gasteiger charge is -2.25. The number of amides is 1. The number of carbonyl (C=O) groups excluding carboxylic acids is 1. The van der Waals surface area contributed by atoms with Crippen LogP contribution in [-0.2, 0) is 4.74 Å². The largest absolute Gasteiger partial charge is 0.440 e. The molecule has 1 unspecified atom stereocenters. The molecule has 0 radical (unpaired) electrons. The van der Waals surface area contributed by atoms with E-state index in [1.165, 1.54) is 0 Å². The maximum absolute atomic E-state index is 12.3. The van der Waals surface area contributed by atoms with Crippen LogP contribution in [0.1, 0.15) is 25.5 Å². The fourth-order valence-electron chi connectivity index (χ4n) is 2.43. The molecule has 5 heteroatoms. The number of carbonyl (C=O) groups is 1. The third kappa shape index (κ3) is 5.25. The summed E-state index contributed by atoms with van der Waals surface area (Å²) in [6.45, 7) is 6.63. The van der Waals surface area contributed by atoms with Crippen LogP contribution in [0, 0.1) is 0 Å². The average molecular weight is 347 g/mol. The summed E-state index contributed by atoms with van der Waals surface area (Å²) in [7, 11) is 0. The van der Waals surface area contributed by atoms with Crippen LogP contribution >= 0.6 is 11.6 Å². The Labute approximate surface area is 148 Å². The van der Waals surface area contributed by atoms with Crippen molar-refractivity contribution in [2.75, 3.05) is 25.0 Å². The first-order valence-corrected chi connectivity index (χ1v) is 8.51. The molecule has 1 atom stereocenters. The molecule has 0 saturated carbocycles. The van der Waals surface area contributed by atoms with Gasteiger partial charge in [-0.25, -0.2) is 4.79 Å². The second kappa shape index (κ2) is 9.30. The number of hydrogen-bond acceptors (Lipinski definition) is 3. The second-order valence-electron chi connectivity index (χ2n) is 5.40. The average Bonchev–Trinajstić information content (AvgIpc) is 2.61. The van der Waals surface area contributed by atoms with E-state index in [4.69, 9.17) is 16.3 Å². The van der Waals surface area contributed by atoms with E-state index in [-0.39, 0.29) is 6.10 Å². The first-order valence-electron chi connectivity index (χ1n) is 8.13. The minimum absolute atomic E-state index is 0.339. The van der Waals surface area contributed by atoms with Gasteiger partial charge in [0.2, 0.25) is 0 Å². The predicted octanol–water partition coefficient (Wildman–Crippen LogP) is 4.97. The van der Waals surface area contributed by atoms with Crippen molar-refractivity contribution in [1.29, 1.82) is 0 Å². The van der Waals surface area contributed by atoms with Gasteiger partial charge in [-0.1, -0.05) is 67.9 Å². The highest BCUT2D eigenvalue weighted by Crippen LogP contribution is 2.23. The Bertz CT molecular complexity index is 645. The minimum atomic E-state index is -0.510. The van der Waals surface area contributed by atoms with E-state index < -0.39 is 6.09 Å². The van der Waals surface area contributed by atoms with Crippen molar-refractivity contribution >= 4 is 23.4 Å². The van der Waals surface area contributed by atoms with Gasteiger partial charge >= 0.3 is 6.09 Å². The zero-order valence-electron chi connectivity index (χ0n) is 14.0. The lowest BCUT2D eigenvalue weighted by Crippen LogP contribution is -2.31. The van der Waals surface area contributed by atoms with Crippen molar-refractivity contribution < 1.29 is 9.53 Å². The number of halogens is 1. The number of rotatable bonds is 7. The molecule has 0 bridgehead atoms. The summed E-state index contributed by atoms with van der Waals surface area (Å²) >= 11 is 6.07. The molecule has 2 aromatic rings. The quantitative estimate of drug-likeness (QED) is 0.769. The Kier molecular flexibility index (Phi) is 7.09. The van der Waals surface area contributed by atoms with Gasteiger partial charge in [-0.2, -0.15) is 0 Å². The van der Waals surface area contributed by atoms with E-state index in [2.05, 4.69) is 24.1 Å². The number of nitrogens with zero attached hydrogens (tertiary/aromatic N) is 1. The normalized spacial score (nSPS) is 12.0. The summed E-state index contributed by atoms with van der Waals surface area (Å²) in [5.41, 5.74) is 1.51. The number of benzene rings is 2. The molecule has 0 aliphatic heterocycles. The van der Waals surface area contributed by atoms with Crippen LogP contribution in [0.25, 0.3) is 0 Å². The molecule has 1 N–H and O–H groups in total. The van der Waals surface area contributed by atoms with Gasteiger partial charge < -0.3 is 4.74 Å². The third-order valence-corrected chi connectivity index (χ3v) is 4.18. The van der Waals surface area contributed by atoms with Gasteiger partial charge in [0, 0.05) is 6.54 Å². The summed E-state index contributed by atoms with van der Waals surface area (Å²) < 4.78 is 5.68. The molecule has 128 valence electrons. The highest BCUT2D eigenvalue weighted by atomic mass is 35.5.